The van der Waals surface area contributed by atoms with Crippen LogP contribution in [0.25, 0.3) is 11.0 Å². The molecule has 4 rings (SSSR count). The van der Waals surface area contributed by atoms with E-state index in [0.29, 0.717) is 55.6 Å². The topological polar surface area (TPSA) is 70.4 Å². The number of benzene rings is 2. The first-order valence-electron chi connectivity index (χ1n) is 10.6. The molecular formula is C24H27NO6. The van der Waals surface area contributed by atoms with Gasteiger partial charge in [-0.25, -0.2) is 0 Å². The normalized spacial score (nSPS) is 13.6. The number of hydrogen-bond acceptors (Lipinski definition) is 7. The summed E-state index contributed by atoms with van der Waals surface area (Å²) in [6.07, 6.45) is 2.28. The molecule has 0 saturated heterocycles. The lowest BCUT2D eigenvalue weighted by Crippen LogP contribution is -2.33. The van der Waals surface area contributed by atoms with Crippen molar-refractivity contribution >= 4 is 11.0 Å². The second-order valence-electron chi connectivity index (χ2n) is 7.21. The molecule has 3 aromatic rings. The smallest absolute Gasteiger partial charge is 0.235 e. The van der Waals surface area contributed by atoms with E-state index < -0.39 is 0 Å². The summed E-state index contributed by atoms with van der Waals surface area (Å²) in [6, 6.07) is 10.8. The predicted octanol–water partition coefficient (Wildman–Crippen LogP) is 4.56. The third-order valence-corrected chi connectivity index (χ3v) is 5.09. The van der Waals surface area contributed by atoms with Gasteiger partial charge in [-0.1, -0.05) is 12.1 Å². The monoisotopic (exact) mass is 425 g/mol. The zero-order valence-corrected chi connectivity index (χ0v) is 17.9. The molecule has 1 aliphatic heterocycles. The molecule has 2 heterocycles. The molecule has 0 spiro atoms. The van der Waals surface area contributed by atoms with E-state index in [1.807, 2.05) is 32.0 Å². The molecule has 2 aromatic carbocycles. The van der Waals surface area contributed by atoms with E-state index in [0.717, 1.165) is 24.3 Å². The maximum absolute atomic E-state index is 13.1. The lowest BCUT2D eigenvalue weighted by molar-refractivity contribution is 0.0772. The highest BCUT2D eigenvalue weighted by atomic mass is 16.5. The largest absolute Gasteiger partial charge is 0.490 e. The van der Waals surface area contributed by atoms with Gasteiger partial charge in [0.05, 0.1) is 17.6 Å². The van der Waals surface area contributed by atoms with Gasteiger partial charge in [0.1, 0.15) is 24.3 Å². The summed E-state index contributed by atoms with van der Waals surface area (Å²) < 4.78 is 28.6. The number of hydrogen-bond donors (Lipinski definition) is 0. The van der Waals surface area contributed by atoms with Gasteiger partial charge in [0.25, 0.3) is 0 Å². The van der Waals surface area contributed by atoms with Crippen LogP contribution < -0.4 is 19.6 Å². The molecule has 0 radical (unpaired) electrons. The van der Waals surface area contributed by atoms with Gasteiger partial charge < -0.3 is 23.4 Å². The van der Waals surface area contributed by atoms with Crippen LogP contribution in [0.2, 0.25) is 0 Å². The van der Waals surface area contributed by atoms with Crippen LogP contribution in [0.3, 0.4) is 0 Å². The van der Waals surface area contributed by atoms with E-state index >= 15 is 0 Å². The quantitative estimate of drug-likeness (QED) is 0.465. The fourth-order valence-corrected chi connectivity index (χ4v) is 3.61. The van der Waals surface area contributed by atoms with Crippen LogP contribution >= 0.6 is 0 Å². The van der Waals surface area contributed by atoms with Crippen molar-refractivity contribution < 1.29 is 23.4 Å². The van der Waals surface area contributed by atoms with E-state index in [4.69, 9.17) is 23.4 Å². The summed E-state index contributed by atoms with van der Waals surface area (Å²) >= 11 is 0. The van der Waals surface area contributed by atoms with Crippen LogP contribution in [0, 0.1) is 0 Å². The zero-order valence-electron chi connectivity index (χ0n) is 17.9. The molecule has 0 N–H and O–H groups in total. The van der Waals surface area contributed by atoms with Gasteiger partial charge in [-0.2, -0.15) is 0 Å². The van der Waals surface area contributed by atoms with Gasteiger partial charge in [-0.05, 0) is 44.5 Å². The molecule has 0 atom stereocenters. The highest BCUT2D eigenvalue weighted by Crippen LogP contribution is 2.34. The van der Waals surface area contributed by atoms with Crippen LogP contribution in [-0.4, -0.2) is 38.0 Å². The first kappa shape index (κ1) is 21.2. The average molecular weight is 425 g/mol. The van der Waals surface area contributed by atoms with Gasteiger partial charge in [0.2, 0.25) is 11.2 Å². The van der Waals surface area contributed by atoms with Gasteiger partial charge in [-0.15, -0.1) is 0 Å². The molecule has 7 heteroatoms. The van der Waals surface area contributed by atoms with Crippen LogP contribution in [-0.2, 0) is 11.3 Å². The molecule has 164 valence electrons. The fourth-order valence-electron chi connectivity index (χ4n) is 3.61. The Balaban J connectivity index is 1.59. The van der Waals surface area contributed by atoms with Crippen molar-refractivity contribution in [2.24, 2.45) is 0 Å². The Labute approximate surface area is 181 Å². The van der Waals surface area contributed by atoms with Crippen molar-refractivity contribution in [2.75, 3.05) is 33.1 Å². The second kappa shape index (κ2) is 9.85. The molecule has 0 saturated carbocycles. The van der Waals surface area contributed by atoms with E-state index in [-0.39, 0.29) is 11.2 Å². The Kier molecular flexibility index (Phi) is 6.74. The van der Waals surface area contributed by atoms with Crippen molar-refractivity contribution in [1.82, 2.24) is 4.90 Å². The highest BCUT2D eigenvalue weighted by Gasteiger charge is 2.23. The number of fused-ring (bicyclic) bond motifs is 3. The zero-order chi connectivity index (χ0) is 21.6. The lowest BCUT2D eigenvalue weighted by Gasteiger charge is -2.29. The minimum atomic E-state index is -0.233. The average Bonchev–Trinajstić information content (AvgIpc) is 2.79. The van der Waals surface area contributed by atoms with Crippen LogP contribution in [0.15, 0.2) is 51.9 Å². The first-order chi connectivity index (χ1) is 15.2. The van der Waals surface area contributed by atoms with Crippen LogP contribution in [0.1, 0.15) is 25.8 Å². The summed E-state index contributed by atoms with van der Waals surface area (Å²) in [7, 11) is 0. The summed E-state index contributed by atoms with van der Waals surface area (Å²) in [5.41, 5.74) is 1.17. The molecule has 0 aliphatic carbocycles. The van der Waals surface area contributed by atoms with Gasteiger partial charge in [0.15, 0.2) is 11.5 Å². The second-order valence-corrected chi connectivity index (χ2v) is 7.21. The minimum absolute atomic E-state index is 0.116. The van der Waals surface area contributed by atoms with E-state index in [9.17, 15) is 4.79 Å². The number of nitrogens with zero attached hydrogens (tertiary/aromatic N) is 1. The predicted molar refractivity (Wildman–Crippen MR) is 117 cm³/mol. The molecule has 0 amide bonds. The van der Waals surface area contributed by atoms with Crippen LogP contribution in [0.5, 0.6) is 23.0 Å². The van der Waals surface area contributed by atoms with Gasteiger partial charge in [-0.3, -0.25) is 9.69 Å². The molecule has 0 unspecified atom stereocenters. The minimum Gasteiger partial charge on any atom is -0.490 e. The Bertz CT molecular complexity index is 1090. The summed E-state index contributed by atoms with van der Waals surface area (Å²) in [4.78, 5) is 15.3. The maximum atomic E-state index is 13.1. The fraction of sp³-hybridized carbons (Fsp3) is 0.375. The molecule has 0 fully saturated rings. The number of para-hydroxylation sites is 2. The lowest BCUT2D eigenvalue weighted by atomic mass is 10.1. The SMILES string of the molecule is CCOCCCN1COc2ccc3c(=O)c(Oc4ccccc4OCC)coc3c2C1. The summed E-state index contributed by atoms with van der Waals surface area (Å²) in [5, 5.41) is 0.463. The Morgan fingerprint density at radius 3 is 2.68 bits per heavy atom. The number of ether oxygens (including phenoxy) is 4. The van der Waals surface area contributed by atoms with E-state index in [1.54, 1.807) is 18.2 Å². The first-order valence-corrected chi connectivity index (χ1v) is 10.6. The Morgan fingerprint density at radius 2 is 1.87 bits per heavy atom. The Morgan fingerprint density at radius 1 is 1.03 bits per heavy atom. The standard InChI is InChI=1S/C24H27NO6/c1-3-27-13-7-12-25-14-18-19(30-16-25)11-10-17-23(26)22(15-29-24(17)18)31-21-9-6-5-8-20(21)28-4-2/h5-6,8-11,15H,3-4,7,12-14,16H2,1-2H3. The third-order valence-electron chi connectivity index (χ3n) is 5.09. The van der Waals surface area contributed by atoms with Crippen LogP contribution in [0.4, 0.5) is 0 Å². The molecular weight excluding hydrogens is 398 g/mol. The molecule has 1 aliphatic rings. The Hall–Kier alpha value is -3.03. The molecule has 7 nitrogen and oxygen atoms in total. The van der Waals surface area contributed by atoms with E-state index in [1.165, 1.54) is 6.26 Å². The van der Waals surface area contributed by atoms with Crippen molar-refractivity contribution in [1.29, 1.82) is 0 Å². The molecule has 31 heavy (non-hydrogen) atoms. The summed E-state index contributed by atoms with van der Waals surface area (Å²) in [6.45, 7) is 7.81. The van der Waals surface area contributed by atoms with Crippen molar-refractivity contribution in [3.63, 3.8) is 0 Å². The number of rotatable bonds is 9. The maximum Gasteiger partial charge on any atom is 0.235 e. The highest BCUT2D eigenvalue weighted by molar-refractivity contribution is 5.83. The van der Waals surface area contributed by atoms with Crippen molar-refractivity contribution in [3.05, 3.63) is 58.4 Å². The third kappa shape index (κ3) is 4.68. The molecule has 1 aromatic heterocycles. The van der Waals surface area contributed by atoms with Gasteiger partial charge >= 0.3 is 0 Å². The van der Waals surface area contributed by atoms with E-state index in [2.05, 4.69) is 4.90 Å². The van der Waals surface area contributed by atoms with Gasteiger partial charge in [0, 0.05) is 26.3 Å². The molecule has 0 bridgehead atoms. The summed E-state index contributed by atoms with van der Waals surface area (Å²) in [5.74, 6) is 1.90. The van der Waals surface area contributed by atoms with Crippen molar-refractivity contribution in [2.45, 2.75) is 26.8 Å². The van der Waals surface area contributed by atoms with Crippen molar-refractivity contribution in [3.8, 4) is 23.0 Å².